The molecule has 2 aromatic rings. The van der Waals surface area contributed by atoms with Crippen molar-refractivity contribution in [1.82, 2.24) is 15.1 Å². The van der Waals surface area contributed by atoms with Crippen molar-refractivity contribution < 1.29 is 4.39 Å². The molecule has 1 saturated heterocycles. The number of halogens is 1. The van der Waals surface area contributed by atoms with Crippen LogP contribution in [0.2, 0.25) is 0 Å². The lowest BCUT2D eigenvalue weighted by atomic mass is 10.1. The van der Waals surface area contributed by atoms with Gasteiger partial charge in [0.15, 0.2) is 0 Å². The van der Waals surface area contributed by atoms with Gasteiger partial charge in [-0.2, -0.15) is 5.26 Å². The number of aryl methyl sites for hydroxylation is 1. The topological polar surface area (TPSA) is 56.1 Å². The molecule has 0 aliphatic carbocycles. The Kier molecular flexibility index (Phi) is 4.55. The molecule has 1 unspecified atom stereocenters. The first-order chi connectivity index (χ1) is 11.1. The van der Waals surface area contributed by atoms with E-state index in [0.717, 1.165) is 36.2 Å². The van der Waals surface area contributed by atoms with Gasteiger partial charge in [-0.15, -0.1) is 21.5 Å². The second kappa shape index (κ2) is 6.60. The number of aromatic nitrogens is 2. The third-order valence-corrected chi connectivity index (χ3v) is 5.19. The summed E-state index contributed by atoms with van der Waals surface area (Å²) in [6.07, 6.45) is 0. The molecule has 0 amide bonds. The maximum absolute atomic E-state index is 14.1. The van der Waals surface area contributed by atoms with E-state index in [1.807, 2.05) is 17.9 Å². The second-order valence-corrected chi connectivity index (χ2v) is 6.85. The van der Waals surface area contributed by atoms with Crippen molar-refractivity contribution in [3.05, 3.63) is 39.6 Å². The summed E-state index contributed by atoms with van der Waals surface area (Å²) in [5, 5.41) is 19.1. The molecular formula is C16H18FN5S. The third-order valence-electron chi connectivity index (χ3n) is 4.18. The minimum atomic E-state index is -0.328. The summed E-state index contributed by atoms with van der Waals surface area (Å²) in [6, 6.07) is 6.85. The molecule has 1 aliphatic rings. The molecule has 1 aromatic heterocycles. The molecule has 0 radical (unpaired) electrons. The number of nitrogens with zero attached hydrogens (tertiary/aromatic N) is 5. The van der Waals surface area contributed by atoms with Gasteiger partial charge < -0.3 is 4.90 Å². The van der Waals surface area contributed by atoms with Crippen molar-refractivity contribution in [2.24, 2.45) is 0 Å². The molecule has 5 nitrogen and oxygen atoms in total. The van der Waals surface area contributed by atoms with Crippen LogP contribution in [-0.4, -0.2) is 41.3 Å². The van der Waals surface area contributed by atoms with E-state index in [0.29, 0.717) is 11.3 Å². The number of benzene rings is 1. The fourth-order valence-electron chi connectivity index (χ4n) is 2.82. The van der Waals surface area contributed by atoms with Crippen LogP contribution in [0.25, 0.3) is 0 Å². The van der Waals surface area contributed by atoms with Gasteiger partial charge in [0.2, 0.25) is 0 Å². The van der Waals surface area contributed by atoms with Gasteiger partial charge in [0.25, 0.3) is 0 Å². The van der Waals surface area contributed by atoms with E-state index in [9.17, 15) is 4.39 Å². The summed E-state index contributed by atoms with van der Waals surface area (Å²) in [7, 11) is 0. The predicted octanol–water partition coefficient (Wildman–Crippen LogP) is 2.74. The lowest BCUT2D eigenvalue weighted by Crippen LogP contribution is -2.47. The highest BCUT2D eigenvalue weighted by atomic mass is 32.1. The normalized spacial score (nSPS) is 17.0. The molecule has 7 heteroatoms. The zero-order chi connectivity index (χ0) is 16.4. The van der Waals surface area contributed by atoms with Crippen LogP contribution in [0.15, 0.2) is 18.2 Å². The fourth-order valence-corrected chi connectivity index (χ4v) is 3.61. The van der Waals surface area contributed by atoms with Gasteiger partial charge in [0.05, 0.1) is 23.4 Å². The highest BCUT2D eigenvalue weighted by Gasteiger charge is 2.25. The van der Waals surface area contributed by atoms with Crippen LogP contribution >= 0.6 is 11.3 Å². The van der Waals surface area contributed by atoms with E-state index in [-0.39, 0.29) is 11.9 Å². The molecule has 1 aromatic carbocycles. The first kappa shape index (κ1) is 15.8. The number of hydrogen-bond acceptors (Lipinski definition) is 6. The fraction of sp³-hybridized carbons (Fsp3) is 0.438. The van der Waals surface area contributed by atoms with Gasteiger partial charge in [-0.3, -0.25) is 4.90 Å². The van der Waals surface area contributed by atoms with Crippen molar-refractivity contribution in [3.8, 4) is 6.07 Å². The van der Waals surface area contributed by atoms with E-state index in [1.165, 1.54) is 6.07 Å². The molecule has 0 N–H and O–H groups in total. The van der Waals surface area contributed by atoms with Gasteiger partial charge in [-0.1, -0.05) is 0 Å². The summed E-state index contributed by atoms with van der Waals surface area (Å²) in [4.78, 5) is 4.38. The van der Waals surface area contributed by atoms with Gasteiger partial charge in [0, 0.05) is 26.2 Å². The molecule has 1 aliphatic heterocycles. The van der Waals surface area contributed by atoms with Crippen molar-refractivity contribution in [1.29, 1.82) is 5.26 Å². The van der Waals surface area contributed by atoms with Crippen LogP contribution in [0.5, 0.6) is 0 Å². The van der Waals surface area contributed by atoms with Gasteiger partial charge in [0.1, 0.15) is 15.8 Å². The molecular weight excluding hydrogens is 313 g/mol. The first-order valence-corrected chi connectivity index (χ1v) is 8.39. The zero-order valence-electron chi connectivity index (χ0n) is 13.2. The van der Waals surface area contributed by atoms with Crippen LogP contribution < -0.4 is 4.90 Å². The van der Waals surface area contributed by atoms with Crippen LogP contribution in [0.1, 0.15) is 28.5 Å². The SMILES string of the molecule is Cc1nnc(C(C)N2CCN(c3ccc(C#N)cc3F)CC2)s1. The quantitative estimate of drug-likeness (QED) is 0.865. The Hall–Kier alpha value is -2.04. The molecule has 1 atom stereocenters. The minimum absolute atomic E-state index is 0.231. The Labute approximate surface area is 139 Å². The maximum Gasteiger partial charge on any atom is 0.147 e. The molecule has 2 heterocycles. The molecule has 0 spiro atoms. The van der Waals surface area contributed by atoms with Gasteiger partial charge in [-0.25, -0.2) is 4.39 Å². The third kappa shape index (κ3) is 3.33. The highest BCUT2D eigenvalue weighted by Crippen LogP contribution is 2.27. The highest BCUT2D eigenvalue weighted by molar-refractivity contribution is 7.11. The monoisotopic (exact) mass is 331 g/mol. The number of nitriles is 1. The summed E-state index contributed by atoms with van der Waals surface area (Å²) in [5.74, 6) is -0.328. The Morgan fingerprint density at radius 2 is 2.00 bits per heavy atom. The van der Waals surface area contributed by atoms with Crippen LogP contribution in [0.4, 0.5) is 10.1 Å². The lowest BCUT2D eigenvalue weighted by molar-refractivity contribution is 0.197. The predicted molar refractivity (Wildman–Crippen MR) is 88.0 cm³/mol. The van der Waals surface area contributed by atoms with Crippen molar-refractivity contribution in [2.45, 2.75) is 19.9 Å². The molecule has 0 bridgehead atoms. The average Bonchev–Trinajstić information content (AvgIpc) is 3.00. The average molecular weight is 331 g/mol. The number of piperazine rings is 1. The molecule has 3 rings (SSSR count). The Morgan fingerprint density at radius 3 is 2.57 bits per heavy atom. The van der Waals surface area contributed by atoms with Crippen molar-refractivity contribution in [2.75, 3.05) is 31.1 Å². The van der Waals surface area contributed by atoms with E-state index in [2.05, 4.69) is 22.0 Å². The van der Waals surface area contributed by atoms with E-state index in [1.54, 1.807) is 23.5 Å². The van der Waals surface area contributed by atoms with Gasteiger partial charge in [-0.05, 0) is 32.0 Å². The lowest BCUT2D eigenvalue weighted by Gasteiger charge is -2.38. The van der Waals surface area contributed by atoms with Crippen LogP contribution in [0.3, 0.4) is 0 Å². The molecule has 0 saturated carbocycles. The molecule has 1 fully saturated rings. The standard InChI is InChI=1S/C16H18FN5S/c1-11(16-20-19-12(2)23-16)21-5-7-22(8-6-21)15-4-3-13(10-18)9-14(15)17/h3-4,9,11H,5-8H2,1-2H3. The number of rotatable bonds is 3. The Morgan fingerprint density at radius 1 is 1.26 bits per heavy atom. The first-order valence-electron chi connectivity index (χ1n) is 7.57. The summed E-state index contributed by atoms with van der Waals surface area (Å²) < 4.78 is 14.1. The van der Waals surface area contributed by atoms with Crippen molar-refractivity contribution in [3.63, 3.8) is 0 Å². The minimum Gasteiger partial charge on any atom is -0.367 e. The van der Waals surface area contributed by atoms with Crippen LogP contribution in [0, 0.1) is 24.1 Å². The second-order valence-electron chi connectivity index (χ2n) is 5.64. The molecule has 120 valence electrons. The zero-order valence-corrected chi connectivity index (χ0v) is 14.0. The van der Waals surface area contributed by atoms with Gasteiger partial charge >= 0.3 is 0 Å². The van der Waals surface area contributed by atoms with E-state index in [4.69, 9.17) is 5.26 Å². The summed E-state index contributed by atoms with van der Waals surface area (Å²) in [5.41, 5.74) is 0.924. The maximum atomic E-state index is 14.1. The Balaban J connectivity index is 1.65. The van der Waals surface area contributed by atoms with E-state index < -0.39 is 0 Å². The van der Waals surface area contributed by atoms with Crippen LogP contribution in [-0.2, 0) is 0 Å². The summed E-state index contributed by atoms with van der Waals surface area (Å²) >= 11 is 1.63. The summed E-state index contributed by atoms with van der Waals surface area (Å²) in [6.45, 7) is 7.30. The largest absolute Gasteiger partial charge is 0.367 e. The Bertz CT molecular complexity index is 730. The number of hydrogen-bond donors (Lipinski definition) is 0. The smallest absolute Gasteiger partial charge is 0.147 e. The van der Waals surface area contributed by atoms with Crippen molar-refractivity contribution >= 4 is 17.0 Å². The number of anilines is 1. The molecule has 23 heavy (non-hydrogen) atoms. The van der Waals surface area contributed by atoms with E-state index >= 15 is 0 Å².